The summed E-state index contributed by atoms with van der Waals surface area (Å²) in [6.45, 7) is 1.70. The Bertz CT molecular complexity index is 427. The van der Waals surface area contributed by atoms with Gasteiger partial charge in [-0.1, -0.05) is 15.9 Å². The molecule has 1 rings (SSSR count). The zero-order valence-electron chi connectivity index (χ0n) is 8.76. The zero-order valence-corrected chi connectivity index (χ0v) is 11.2. The highest BCUT2D eigenvalue weighted by molar-refractivity contribution is 9.10. The lowest BCUT2D eigenvalue weighted by atomic mass is 10.3. The van der Waals surface area contributed by atoms with E-state index in [1.165, 1.54) is 6.92 Å². The summed E-state index contributed by atoms with van der Waals surface area (Å²) in [7, 11) is -3.95. The van der Waals surface area contributed by atoms with Gasteiger partial charge < -0.3 is 4.74 Å². The Labute approximate surface area is 104 Å². The van der Waals surface area contributed by atoms with E-state index in [0.29, 0.717) is 5.75 Å². The van der Waals surface area contributed by atoms with E-state index in [9.17, 15) is 8.42 Å². The van der Waals surface area contributed by atoms with E-state index in [4.69, 9.17) is 9.29 Å². The molecule has 0 spiro atoms. The lowest BCUT2D eigenvalue weighted by molar-refractivity contribution is 0.306. The minimum absolute atomic E-state index is 0.253. The van der Waals surface area contributed by atoms with Crippen LogP contribution in [0.5, 0.6) is 5.75 Å². The summed E-state index contributed by atoms with van der Waals surface area (Å²) in [6.07, 6.45) is 0.259. The summed E-state index contributed by atoms with van der Waals surface area (Å²) < 4.78 is 36.4. The Hall–Kier alpha value is -0.590. The van der Waals surface area contributed by atoms with Crippen LogP contribution in [0.3, 0.4) is 0 Å². The third-order valence-corrected chi connectivity index (χ3v) is 3.90. The molecule has 0 aliphatic heterocycles. The summed E-state index contributed by atoms with van der Waals surface area (Å²) in [6, 6.07) is 7.23. The van der Waals surface area contributed by atoms with Gasteiger partial charge in [-0.2, -0.15) is 8.42 Å². The number of ether oxygens (including phenoxy) is 1. The molecule has 0 heterocycles. The molecule has 1 N–H and O–H groups in total. The molecule has 0 radical (unpaired) electrons. The highest BCUT2D eigenvalue weighted by Gasteiger charge is 2.16. The normalized spacial score (nSPS) is 13.4. The molecule has 0 fully saturated rings. The van der Waals surface area contributed by atoms with Gasteiger partial charge in [0.25, 0.3) is 10.1 Å². The second-order valence-corrected chi connectivity index (χ2v) is 6.17. The summed E-state index contributed by atoms with van der Waals surface area (Å²) in [4.78, 5) is 0. The van der Waals surface area contributed by atoms with E-state index in [1.807, 2.05) is 12.1 Å². The first-order valence-corrected chi connectivity index (χ1v) is 7.04. The number of hydrogen-bond donors (Lipinski definition) is 1. The van der Waals surface area contributed by atoms with Crippen molar-refractivity contribution in [3.8, 4) is 5.75 Å². The lowest BCUT2D eigenvalue weighted by Gasteiger charge is -2.09. The van der Waals surface area contributed by atoms with Gasteiger partial charge in [-0.15, -0.1) is 0 Å². The first-order valence-electron chi connectivity index (χ1n) is 4.74. The average molecular weight is 309 g/mol. The summed E-state index contributed by atoms with van der Waals surface area (Å²) >= 11 is 3.30. The smallest absolute Gasteiger partial charge is 0.267 e. The predicted molar refractivity (Wildman–Crippen MR) is 65.3 cm³/mol. The van der Waals surface area contributed by atoms with Gasteiger partial charge in [-0.3, -0.25) is 4.55 Å². The first-order chi connectivity index (χ1) is 7.39. The molecule has 0 amide bonds. The van der Waals surface area contributed by atoms with Crippen molar-refractivity contribution in [2.45, 2.75) is 18.6 Å². The van der Waals surface area contributed by atoms with Crippen molar-refractivity contribution < 1.29 is 17.7 Å². The number of rotatable bonds is 5. The highest BCUT2D eigenvalue weighted by Crippen LogP contribution is 2.16. The molecule has 0 bridgehead atoms. The molecule has 90 valence electrons. The van der Waals surface area contributed by atoms with Crippen LogP contribution in [0.2, 0.25) is 0 Å². The van der Waals surface area contributed by atoms with Crippen molar-refractivity contribution >= 4 is 26.0 Å². The Morgan fingerprint density at radius 3 is 2.44 bits per heavy atom. The molecule has 1 atom stereocenters. The lowest BCUT2D eigenvalue weighted by Crippen LogP contribution is -2.19. The van der Waals surface area contributed by atoms with Gasteiger partial charge in [-0.05, 0) is 31.2 Å². The molecule has 4 nitrogen and oxygen atoms in total. The quantitative estimate of drug-likeness (QED) is 0.849. The van der Waals surface area contributed by atoms with E-state index in [-0.39, 0.29) is 13.0 Å². The standard InChI is InChI=1S/C10H13BrO4S/c1-8(16(12,13)14)6-7-15-10-4-2-9(11)3-5-10/h2-5,8H,6-7H2,1H3,(H,12,13,14). The molecule has 0 saturated carbocycles. The number of halogens is 1. The van der Waals surface area contributed by atoms with Gasteiger partial charge >= 0.3 is 0 Å². The SMILES string of the molecule is CC(CCOc1ccc(Br)cc1)S(=O)(=O)O. The zero-order chi connectivity index (χ0) is 12.2. The predicted octanol–water partition coefficient (Wildman–Crippen LogP) is 2.49. The van der Waals surface area contributed by atoms with E-state index in [2.05, 4.69) is 15.9 Å². The summed E-state index contributed by atoms with van der Waals surface area (Å²) in [5, 5.41) is -0.803. The van der Waals surface area contributed by atoms with Crippen molar-refractivity contribution in [1.29, 1.82) is 0 Å². The van der Waals surface area contributed by atoms with Gasteiger partial charge in [0.15, 0.2) is 0 Å². The molecule has 0 aromatic heterocycles. The summed E-state index contributed by atoms with van der Waals surface area (Å²) in [5.41, 5.74) is 0. The Morgan fingerprint density at radius 2 is 1.94 bits per heavy atom. The molecule has 0 saturated heterocycles. The van der Waals surface area contributed by atoms with Crippen LogP contribution in [-0.2, 0) is 10.1 Å². The van der Waals surface area contributed by atoms with Crippen molar-refractivity contribution in [3.05, 3.63) is 28.7 Å². The molecule has 1 aromatic rings. The first kappa shape index (κ1) is 13.5. The topological polar surface area (TPSA) is 63.6 Å². The fraction of sp³-hybridized carbons (Fsp3) is 0.400. The molecule has 1 aromatic carbocycles. The van der Waals surface area contributed by atoms with Gasteiger partial charge in [0, 0.05) is 10.9 Å². The molecule has 0 aliphatic carbocycles. The van der Waals surface area contributed by atoms with Crippen molar-refractivity contribution in [2.75, 3.05) is 6.61 Å². The molecule has 16 heavy (non-hydrogen) atoms. The largest absolute Gasteiger partial charge is 0.494 e. The van der Waals surface area contributed by atoms with E-state index in [0.717, 1.165) is 4.47 Å². The Morgan fingerprint density at radius 1 is 1.38 bits per heavy atom. The highest BCUT2D eigenvalue weighted by atomic mass is 79.9. The van der Waals surface area contributed by atoms with Crippen LogP contribution >= 0.6 is 15.9 Å². The summed E-state index contributed by atoms with van der Waals surface area (Å²) in [5.74, 6) is 0.672. The Balaban J connectivity index is 2.39. The van der Waals surface area contributed by atoms with E-state index >= 15 is 0 Å². The number of hydrogen-bond acceptors (Lipinski definition) is 3. The molecule has 6 heteroatoms. The number of benzene rings is 1. The van der Waals surface area contributed by atoms with E-state index in [1.54, 1.807) is 12.1 Å². The Kier molecular flexibility index (Phi) is 4.76. The maximum atomic E-state index is 10.7. The van der Waals surface area contributed by atoms with Crippen LogP contribution in [-0.4, -0.2) is 24.8 Å². The molecule has 0 aliphatic rings. The van der Waals surface area contributed by atoms with Crippen LogP contribution in [0.4, 0.5) is 0 Å². The molecular formula is C10H13BrO4S. The second kappa shape index (κ2) is 5.65. The van der Waals surface area contributed by atoms with Crippen LogP contribution in [0.25, 0.3) is 0 Å². The second-order valence-electron chi connectivity index (χ2n) is 3.42. The van der Waals surface area contributed by atoms with Crippen LogP contribution in [0, 0.1) is 0 Å². The minimum Gasteiger partial charge on any atom is -0.494 e. The monoisotopic (exact) mass is 308 g/mol. The fourth-order valence-corrected chi connectivity index (χ4v) is 1.68. The van der Waals surface area contributed by atoms with E-state index < -0.39 is 15.4 Å². The maximum absolute atomic E-state index is 10.7. The van der Waals surface area contributed by atoms with Crippen LogP contribution < -0.4 is 4.74 Å². The third kappa shape index (κ3) is 4.51. The van der Waals surface area contributed by atoms with Gasteiger partial charge in [0.2, 0.25) is 0 Å². The fourth-order valence-electron chi connectivity index (χ4n) is 1.02. The van der Waals surface area contributed by atoms with Crippen LogP contribution in [0.1, 0.15) is 13.3 Å². The van der Waals surface area contributed by atoms with Crippen molar-refractivity contribution in [3.63, 3.8) is 0 Å². The van der Waals surface area contributed by atoms with Gasteiger partial charge in [0.1, 0.15) is 5.75 Å². The van der Waals surface area contributed by atoms with Gasteiger partial charge in [0.05, 0.1) is 11.9 Å². The molecular weight excluding hydrogens is 296 g/mol. The van der Waals surface area contributed by atoms with Crippen LogP contribution in [0.15, 0.2) is 28.7 Å². The third-order valence-electron chi connectivity index (χ3n) is 2.12. The minimum atomic E-state index is -3.95. The average Bonchev–Trinajstić information content (AvgIpc) is 2.19. The molecule has 1 unspecified atom stereocenters. The van der Waals surface area contributed by atoms with Gasteiger partial charge in [-0.25, -0.2) is 0 Å². The maximum Gasteiger partial charge on any atom is 0.267 e. The van der Waals surface area contributed by atoms with Crippen molar-refractivity contribution in [1.82, 2.24) is 0 Å². The van der Waals surface area contributed by atoms with Crippen molar-refractivity contribution in [2.24, 2.45) is 0 Å².